The summed E-state index contributed by atoms with van der Waals surface area (Å²) in [4.78, 5) is 10.6. The Morgan fingerprint density at radius 2 is 2.17 bits per heavy atom. The molecule has 0 radical (unpaired) electrons. The summed E-state index contributed by atoms with van der Waals surface area (Å²) in [7, 11) is -3.77. The number of carbonyl (C=O) groups is 1. The van der Waals surface area contributed by atoms with Crippen LogP contribution in [-0.2, 0) is 14.6 Å². The normalized spacial score (nSPS) is 33.4. The maximum absolute atomic E-state index is 12.3. The van der Waals surface area contributed by atoms with Gasteiger partial charge in [-0.2, -0.15) is 0 Å². The van der Waals surface area contributed by atoms with Gasteiger partial charge in [0.1, 0.15) is 6.67 Å². The molecule has 0 aromatic rings. The van der Waals surface area contributed by atoms with Crippen molar-refractivity contribution < 1.29 is 22.7 Å². The maximum atomic E-state index is 12.3. The average molecular weight is 196 g/mol. The number of carboxylic acid groups (broad SMARTS) is 1. The molecule has 1 atom stereocenters. The van der Waals surface area contributed by atoms with Crippen LogP contribution in [0.2, 0.25) is 0 Å². The molecule has 0 aromatic carbocycles. The molecule has 70 valence electrons. The van der Waals surface area contributed by atoms with E-state index in [2.05, 4.69) is 0 Å². The van der Waals surface area contributed by atoms with Gasteiger partial charge >= 0.3 is 5.97 Å². The first-order chi connectivity index (χ1) is 5.46. The van der Waals surface area contributed by atoms with Crippen LogP contribution < -0.4 is 0 Å². The minimum Gasteiger partial charge on any atom is -0.480 e. The van der Waals surface area contributed by atoms with Crippen LogP contribution in [0, 0.1) is 0 Å². The quantitative estimate of drug-likeness (QED) is 0.674. The molecule has 0 bridgehead atoms. The second kappa shape index (κ2) is 2.69. The molecule has 12 heavy (non-hydrogen) atoms. The van der Waals surface area contributed by atoms with E-state index < -0.39 is 27.2 Å². The summed E-state index contributed by atoms with van der Waals surface area (Å²) in [5.41, 5.74) is 0. The molecule has 1 saturated heterocycles. The Balaban J connectivity index is 3.18. The Labute approximate surface area is 69.3 Å². The second-order valence-corrected chi connectivity index (χ2v) is 5.27. The number of carboxylic acids is 1. The molecular formula is C6H9FO4S. The molecule has 1 N–H and O–H groups in total. The van der Waals surface area contributed by atoms with Crippen molar-refractivity contribution in [3.05, 3.63) is 0 Å². The van der Waals surface area contributed by atoms with E-state index in [0.29, 0.717) is 0 Å². The first kappa shape index (κ1) is 9.44. The lowest BCUT2D eigenvalue weighted by Crippen LogP contribution is -2.45. The zero-order chi connectivity index (χ0) is 9.41. The molecule has 1 aliphatic heterocycles. The van der Waals surface area contributed by atoms with Crippen molar-refractivity contribution in [3.8, 4) is 0 Å². The van der Waals surface area contributed by atoms with Gasteiger partial charge in [0.15, 0.2) is 14.6 Å². The summed E-state index contributed by atoms with van der Waals surface area (Å²) in [6.45, 7) is -1.33. The monoisotopic (exact) mass is 196 g/mol. The fourth-order valence-electron chi connectivity index (χ4n) is 1.35. The molecule has 1 fully saturated rings. The number of rotatable bonds is 2. The molecule has 1 unspecified atom stereocenters. The van der Waals surface area contributed by atoms with Crippen molar-refractivity contribution in [1.82, 2.24) is 0 Å². The topological polar surface area (TPSA) is 71.4 Å². The van der Waals surface area contributed by atoms with Crippen molar-refractivity contribution in [1.29, 1.82) is 0 Å². The van der Waals surface area contributed by atoms with Crippen LogP contribution in [0.15, 0.2) is 0 Å². The Bertz CT molecular complexity index is 297. The van der Waals surface area contributed by atoms with Crippen molar-refractivity contribution in [2.24, 2.45) is 0 Å². The molecule has 0 aliphatic carbocycles. The first-order valence-corrected chi connectivity index (χ1v) is 5.13. The lowest BCUT2D eigenvalue weighted by Gasteiger charge is -2.17. The second-order valence-electron chi connectivity index (χ2n) is 2.86. The standard InChI is InChI=1S/C6H9FO4S/c7-4-6(5(8)9)2-1-3-12(6,10)11/h1-4H2,(H,8,9). The average Bonchev–Trinajstić information content (AvgIpc) is 2.25. The minimum atomic E-state index is -3.77. The van der Waals surface area contributed by atoms with E-state index >= 15 is 0 Å². The number of hydrogen-bond donors (Lipinski definition) is 1. The van der Waals surface area contributed by atoms with Crippen LogP contribution in [0.1, 0.15) is 12.8 Å². The first-order valence-electron chi connectivity index (χ1n) is 3.48. The molecule has 0 amide bonds. The summed E-state index contributed by atoms with van der Waals surface area (Å²) in [5.74, 6) is -1.79. The zero-order valence-electron chi connectivity index (χ0n) is 6.29. The molecule has 1 aliphatic rings. The van der Waals surface area contributed by atoms with Gasteiger partial charge in [-0.25, -0.2) is 12.8 Å². The highest BCUT2D eigenvalue weighted by atomic mass is 32.2. The van der Waals surface area contributed by atoms with Crippen molar-refractivity contribution in [3.63, 3.8) is 0 Å². The molecule has 0 saturated carbocycles. The third kappa shape index (κ3) is 1.01. The fraction of sp³-hybridized carbons (Fsp3) is 0.833. The summed E-state index contributed by atoms with van der Waals surface area (Å²) < 4.78 is 32.5. The van der Waals surface area contributed by atoms with E-state index in [9.17, 15) is 17.6 Å². The SMILES string of the molecule is O=C(O)C1(CF)CCCS1(=O)=O. The van der Waals surface area contributed by atoms with Gasteiger partial charge in [0.25, 0.3) is 0 Å². The highest BCUT2D eigenvalue weighted by Crippen LogP contribution is 2.32. The predicted octanol–water partition coefficient (Wildman–Crippen LogP) is -0.0121. The van der Waals surface area contributed by atoms with Gasteiger partial charge < -0.3 is 5.11 Å². The van der Waals surface area contributed by atoms with E-state index in [4.69, 9.17) is 5.11 Å². The van der Waals surface area contributed by atoms with Gasteiger partial charge in [-0.1, -0.05) is 0 Å². The highest BCUT2D eigenvalue weighted by molar-refractivity contribution is 7.93. The van der Waals surface area contributed by atoms with E-state index in [-0.39, 0.29) is 18.6 Å². The third-order valence-electron chi connectivity index (χ3n) is 2.19. The Morgan fingerprint density at radius 3 is 2.33 bits per heavy atom. The van der Waals surface area contributed by atoms with E-state index in [1.165, 1.54) is 0 Å². The molecule has 1 rings (SSSR count). The van der Waals surface area contributed by atoms with E-state index in [0.717, 1.165) is 0 Å². The van der Waals surface area contributed by atoms with Gasteiger partial charge in [0.2, 0.25) is 0 Å². The van der Waals surface area contributed by atoms with E-state index in [1.807, 2.05) is 0 Å². The number of alkyl halides is 1. The van der Waals surface area contributed by atoms with Gasteiger partial charge in [-0.15, -0.1) is 0 Å². The lowest BCUT2D eigenvalue weighted by atomic mass is 10.1. The summed E-state index contributed by atoms with van der Waals surface area (Å²) in [5, 5.41) is 8.58. The third-order valence-corrected chi connectivity index (χ3v) is 4.70. The van der Waals surface area contributed by atoms with Crippen LogP contribution in [-0.4, -0.2) is 36.7 Å². The minimum absolute atomic E-state index is 0.110. The molecule has 0 spiro atoms. The van der Waals surface area contributed by atoms with Crippen LogP contribution in [0.3, 0.4) is 0 Å². The summed E-state index contributed by atoms with van der Waals surface area (Å²) >= 11 is 0. The van der Waals surface area contributed by atoms with Crippen LogP contribution in [0.5, 0.6) is 0 Å². The number of aliphatic carboxylic acids is 1. The Morgan fingerprint density at radius 1 is 1.58 bits per heavy atom. The molecule has 6 heteroatoms. The van der Waals surface area contributed by atoms with Gasteiger partial charge in [0.05, 0.1) is 5.75 Å². The molecular weight excluding hydrogens is 187 g/mol. The Kier molecular flexibility index (Phi) is 2.11. The van der Waals surface area contributed by atoms with E-state index in [1.54, 1.807) is 0 Å². The van der Waals surface area contributed by atoms with Crippen LogP contribution in [0.25, 0.3) is 0 Å². The highest BCUT2D eigenvalue weighted by Gasteiger charge is 2.54. The largest absolute Gasteiger partial charge is 0.480 e. The predicted molar refractivity (Wildman–Crippen MR) is 39.4 cm³/mol. The van der Waals surface area contributed by atoms with Crippen molar-refractivity contribution in [2.75, 3.05) is 12.4 Å². The molecule has 1 heterocycles. The van der Waals surface area contributed by atoms with Crippen LogP contribution >= 0.6 is 0 Å². The fourth-order valence-corrected chi connectivity index (χ4v) is 3.15. The van der Waals surface area contributed by atoms with Gasteiger partial charge in [0, 0.05) is 0 Å². The van der Waals surface area contributed by atoms with Crippen molar-refractivity contribution in [2.45, 2.75) is 17.6 Å². The summed E-state index contributed by atoms with van der Waals surface area (Å²) in [6.07, 6.45) is 0.125. The number of hydrogen-bond acceptors (Lipinski definition) is 3. The van der Waals surface area contributed by atoms with Gasteiger partial charge in [-0.3, -0.25) is 4.79 Å². The van der Waals surface area contributed by atoms with Crippen molar-refractivity contribution >= 4 is 15.8 Å². The molecule has 0 aromatic heterocycles. The zero-order valence-corrected chi connectivity index (χ0v) is 7.10. The molecule has 4 nitrogen and oxygen atoms in total. The Hall–Kier alpha value is -0.650. The van der Waals surface area contributed by atoms with Gasteiger partial charge in [-0.05, 0) is 12.8 Å². The number of sulfone groups is 1. The smallest absolute Gasteiger partial charge is 0.327 e. The van der Waals surface area contributed by atoms with Crippen LogP contribution in [0.4, 0.5) is 4.39 Å². The maximum Gasteiger partial charge on any atom is 0.327 e. The summed E-state index contributed by atoms with van der Waals surface area (Å²) in [6, 6.07) is 0. The lowest BCUT2D eigenvalue weighted by molar-refractivity contribution is -0.140. The number of halogens is 1.